The molecule has 0 bridgehead atoms. The summed E-state index contributed by atoms with van der Waals surface area (Å²) in [7, 11) is -2.88. The van der Waals surface area contributed by atoms with E-state index in [4.69, 9.17) is 0 Å². The van der Waals surface area contributed by atoms with E-state index in [1.54, 1.807) is 11.8 Å². The van der Waals surface area contributed by atoms with Crippen molar-refractivity contribution in [2.24, 2.45) is 4.99 Å². The standard InChI is InChI=1S/C8H16N2O2S2/c1-7-3-5-13-8(10-7)9-4-6-14(2,11)12/h7H,3-6H2,1-2H3,(H,9,10). The topological polar surface area (TPSA) is 58.5 Å². The lowest BCUT2D eigenvalue weighted by atomic mass is 10.3. The zero-order chi connectivity index (χ0) is 10.6. The number of thioether (sulfide) groups is 1. The minimum Gasteiger partial charge on any atom is -0.362 e. The second kappa shape index (κ2) is 5.02. The SMILES string of the molecule is CC1CCSC(=NCCS(C)(=O)=O)N1. The summed E-state index contributed by atoms with van der Waals surface area (Å²) < 4.78 is 21.7. The van der Waals surface area contributed by atoms with Crippen molar-refractivity contribution in [1.82, 2.24) is 5.32 Å². The van der Waals surface area contributed by atoms with Crippen LogP contribution in [0.25, 0.3) is 0 Å². The average molecular weight is 236 g/mol. The molecular formula is C8H16N2O2S2. The molecule has 0 amide bonds. The van der Waals surface area contributed by atoms with Crippen LogP contribution in [0.15, 0.2) is 4.99 Å². The van der Waals surface area contributed by atoms with Gasteiger partial charge < -0.3 is 5.32 Å². The molecule has 4 nitrogen and oxygen atoms in total. The van der Waals surface area contributed by atoms with Gasteiger partial charge in [-0.15, -0.1) is 0 Å². The van der Waals surface area contributed by atoms with Gasteiger partial charge in [-0.3, -0.25) is 4.99 Å². The molecule has 82 valence electrons. The number of aliphatic imine (C=N–C) groups is 1. The fourth-order valence-electron chi connectivity index (χ4n) is 1.06. The molecule has 1 aliphatic rings. The minimum absolute atomic E-state index is 0.132. The van der Waals surface area contributed by atoms with E-state index in [1.807, 2.05) is 0 Å². The van der Waals surface area contributed by atoms with E-state index in [-0.39, 0.29) is 5.75 Å². The number of nitrogens with zero attached hydrogens (tertiary/aromatic N) is 1. The highest BCUT2D eigenvalue weighted by atomic mass is 32.2. The Bertz CT molecular complexity index is 311. The maximum absolute atomic E-state index is 10.8. The van der Waals surface area contributed by atoms with E-state index >= 15 is 0 Å². The Balaban J connectivity index is 2.37. The predicted octanol–water partition coefficient (Wildman–Crippen LogP) is 0.502. The summed E-state index contributed by atoms with van der Waals surface area (Å²) in [6.07, 6.45) is 2.37. The van der Waals surface area contributed by atoms with Crippen LogP contribution in [0.3, 0.4) is 0 Å². The van der Waals surface area contributed by atoms with Gasteiger partial charge >= 0.3 is 0 Å². The third-order valence-electron chi connectivity index (χ3n) is 1.88. The Hall–Kier alpha value is -0.230. The fourth-order valence-corrected chi connectivity index (χ4v) is 2.62. The zero-order valence-electron chi connectivity index (χ0n) is 8.49. The fraction of sp³-hybridized carbons (Fsp3) is 0.875. The second-order valence-corrected chi connectivity index (χ2v) is 6.84. The number of amidine groups is 1. The Morgan fingerprint density at radius 3 is 2.93 bits per heavy atom. The van der Waals surface area contributed by atoms with Gasteiger partial charge in [0, 0.05) is 18.1 Å². The Morgan fingerprint density at radius 2 is 2.36 bits per heavy atom. The van der Waals surface area contributed by atoms with Crippen LogP contribution in [-0.2, 0) is 9.84 Å². The quantitative estimate of drug-likeness (QED) is 0.775. The molecule has 0 aliphatic carbocycles. The van der Waals surface area contributed by atoms with Crippen molar-refractivity contribution in [2.75, 3.05) is 24.3 Å². The van der Waals surface area contributed by atoms with Gasteiger partial charge in [0.25, 0.3) is 0 Å². The highest BCUT2D eigenvalue weighted by Crippen LogP contribution is 2.13. The van der Waals surface area contributed by atoms with Crippen LogP contribution in [0.4, 0.5) is 0 Å². The number of rotatable bonds is 3. The van der Waals surface area contributed by atoms with Crippen LogP contribution in [-0.4, -0.2) is 43.9 Å². The van der Waals surface area contributed by atoms with Crippen molar-refractivity contribution in [3.8, 4) is 0 Å². The first kappa shape index (κ1) is 11.8. The van der Waals surface area contributed by atoms with Gasteiger partial charge in [0.05, 0.1) is 12.3 Å². The summed E-state index contributed by atoms with van der Waals surface area (Å²) in [5.41, 5.74) is 0. The monoisotopic (exact) mass is 236 g/mol. The molecule has 1 atom stereocenters. The molecule has 0 spiro atoms. The molecule has 1 heterocycles. The second-order valence-electron chi connectivity index (χ2n) is 3.50. The molecule has 1 aliphatic heterocycles. The van der Waals surface area contributed by atoms with Crippen molar-refractivity contribution >= 4 is 26.8 Å². The van der Waals surface area contributed by atoms with Crippen LogP contribution >= 0.6 is 11.8 Å². The minimum atomic E-state index is -2.88. The third-order valence-corrected chi connectivity index (χ3v) is 3.76. The summed E-state index contributed by atoms with van der Waals surface area (Å²) in [6.45, 7) is 2.46. The first-order chi connectivity index (χ1) is 6.47. The first-order valence-electron chi connectivity index (χ1n) is 4.59. The molecule has 0 aromatic heterocycles. The molecule has 1 N–H and O–H groups in total. The number of nitrogens with one attached hydrogen (secondary N) is 1. The lowest BCUT2D eigenvalue weighted by molar-refractivity contribution is 0.601. The molecule has 1 unspecified atom stereocenters. The smallest absolute Gasteiger partial charge is 0.156 e. The van der Waals surface area contributed by atoms with Crippen LogP contribution in [0.1, 0.15) is 13.3 Å². The van der Waals surface area contributed by atoms with Gasteiger partial charge in [-0.25, -0.2) is 8.42 Å². The molecule has 6 heteroatoms. The van der Waals surface area contributed by atoms with E-state index in [1.165, 1.54) is 6.26 Å². The van der Waals surface area contributed by atoms with Crippen LogP contribution in [0.2, 0.25) is 0 Å². The molecule has 14 heavy (non-hydrogen) atoms. The highest BCUT2D eigenvalue weighted by molar-refractivity contribution is 8.13. The Kier molecular flexibility index (Phi) is 4.25. The van der Waals surface area contributed by atoms with Crippen molar-refractivity contribution in [3.63, 3.8) is 0 Å². The molecule has 1 saturated heterocycles. The third kappa shape index (κ3) is 4.85. The Labute approximate surface area is 89.5 Å². The van der Waals surface area contributed by atoms with Gasteiger partial charge in [0.1, 0.15) is 9.84 Å². The van der Waals surface area contributed by atoms with Crippen molar-refractivity contribution in [2.45, 2.75) is 19.4 Å². The molecular weight excluding hydrogens is 220 g/mol. The van der Waals surface area contributed by atoms with Crippen molar-refractivity contribution in [1.29, 1.82) is 0 Å². The molecule has 1 fully saturated rings. The van der Waals surface area contributed by atoms with Crippen LogP contribution in [0.5, 0.6) is 0 Å². The van der Waals surface area contributed by atoms with Crippen LogP contribution in [0, 0.1) is 0 Å². The average Bonchev–Trinajstić information content (AvgIpc) is 2.01. The summed E-state index contributed by atoms with van der Waals surface area (Å²) in [4.78, 5) is 4.21. The number of hydrogen-bond donors (Lipinski definition) is 1. The van der Waals surface area contributed by atoms with E-state index < -0.39 is 9.84 Å². The summed E-state index contributed by atoms with van der Waals surface area (Å²) in [6, 6.07) is 0.452. The maximum atomic E-state index is 10.8. The van der Waals surface area contributed by atoms with Gasteiger partial charge in [-0.05, 0) is 13.3 Å². The predicted molar refractivity (Wildman–Crippen MR) is 61.7 cm³/mol. The van der Waals surface area contributed by atoms with Gasteiger partial charge in [-0.2, -0.15) is 0 Å². The lowest BCUT2D eigenvalue weighted by Crippen LogP contribution is -2.35. The number of sulfone groups is 1. The van der Waals surface area contributed by atoms with Gasteiger partial charge in [0.15, 0.2) is 5.17 Å². The van der Waals surface area contributed by atoms with E-state index in [0.29, 0.717) is 12.6 Å². The molecule has 0 aromatic rings. The highest BCUT2D eigenvalue weighted by Gasteiger charge is 2.12. The van der Waals surface area contributed by atoms with Crippen molar-refractivity contribution < 1.29 is 8.42 Å². The summed E-state index contributed by atoms with van der Waals surface area (Å²) in [5.74, 6) is 1.19. The Morgan fingerprint density at radius 1 is 1.64 bits per heavy atom. The largest absolute Gasteiger partial charge is 0.362 e. The maximum Gasteiger partial charge on any atom is 0.156 e. The number of hydrogen-bond acceptors (Lipinski definition) is 4. The first-order valence-corrected chi connectivity index (χ1v) is 7.63. The van der Waals surface area contributed by atoms with Crippen LogP contribution < -0.4 is 5.32 Å². The molecule has 0 saturated carbocycles. The van der Waals surface area contributed by atoms with Gasteiger partial charge in [0.2, 0.25) is 0 Å². The lowest BCUT2D eigenvalue weighted by Gasteiger charge is -2.21. The van der Waals surface area contributed by atoms with E-state index in [9.17, 15) is 8.42 Å². The summed E-state index contributed by atoms with van der Waals surface area (Å²) >= 11 is 1.66. The normalized spacial score (nSPS) is 26.1. The van der Waals surface area contributed by atoms with E-state index in [2.05, 4.69) is 17.2 Å². The zero-order valence-corrected chi connectivity index (χ0v) is 10.1. The van der Waals surface area contributed by atoms with E-state index in [0.717, 1.165) is 17.3 Å². The molecule has 1 rings (SSSR count). The van der Waals surface area contributed by atoms with Gasteiger partial charge in [-0.1, -0.05) is 11.8 Å². The molecule has 0 aromatic carbocycles. The molecule has 0 radical (unpaired) electrons. The van der Waals surface area contributed by atoms with Crippen molar-refractivity contribution in [3.05, 3.63) is 0 Å². The summed E-state index contributed by atoms with van der Waals surface area (Å²) in [5, 5.41) is 4.10.